The van der Waals surface area contributed by atoms with Crippen LogP contribution in [0.2, 0.25) is 0 Å². The number of amides is 1. The fraction of sp³-hybridized carbons (Fsp3) is 0.462. The van der Waals surface area contributed by atoms with Gasteiger partial charge in [-0.2, -0.15) is 0 Å². The van der Waals surface area contributed by atoms with Gasteiger partial charge in [0.15, 0.2) is 0 Å². The molecule has 0 radical (unpaired) electrons. The molecule has 90 valence electrons. The molecule has 1 atom stereocenters. The van der Waals surface area contributed by atoms with Crippen LogP contribution >= 0.6 is 0 Å². The van der Waals surface area contributed by atoms with Gasteiger partial charge in [-0.15, -0.1) is 0 Å². The molecule has 1 N–H and O–H groups in total. The third kappa shape index (κ3) is 1.77. The lowest BCUT2D eigenvalue weighted by Crippen LogP contribution is -2.47. The van der Waals surface area contributed by atoms with E-state index in [0.29, 0.717) is 0 Å². The zero-order valence-electron chi connectivity index (χ0n) is 9.58. The molecule has 2 heterocycles. The molecule has 1 fully saturated rings. The molecule has 1 aromatic rings. The summed E-state index contributed by atoms with van der Waals surface area (Å²) in [5.41, 5.74) is 1.56. The highest BCUT2D eigenvalue weighted by molar-refractivity contribution is 6.03. The topological polar surface area (TPSA) is 32.3 Å². The Morgan fingerprint density at radius 1 is 1.29 bits per heavy atom. The Bertz CT molecular complexity index is 461. The van der Waals surface area contributed by atoms with E-state index in [2.05, 4.69) is 10.2 Å². The molecule has 17 heavy (non-hydrogen) atoms. The lowest BCUT2D eigenvalue weighted by molar-refractivity contribution is -0.117. The van der Waals surface area contributed by atoms with E-state index in [9.17, 15) is 9.18 Å². The van der Waals surface area contributed by atoms with E-state index >= 15 is 0 Å². The highest BCUT2D eigenvalue weighted by Gasteiger charge is 2.33. The van der Waals surface area contributed by atoms with Gasteiger partial charge in [0, 0.05) is 6.54 Å². The van der Waals surface area contributed by atoms with Crippen LogP contribution in [0.3, 0.4) is 0 Å². The molecular weight excluding hydrogens is 219 g/mol. The molecule has 3 rings (SSSR count). The first-order valence-electron chi connectivity index (χ1n) is 6.13. The molecule has 0 aliphatic carbocycles. The average molecular weight is 234 g/mol. The predicted octanol–water partition coefficient (Wildman–Crippen LogP) is 2.53. The van der Waals surface area contributed by atoms with Crippen molar-refractivity contribution < 1.29 is 9.18 Å². The molecule has 0 spiro atoms. The number of nitrogens with one attached hydrogen (secondary N) is 1. The van der Waals surface area contributed by atoms with Gasteiger partial charge in [-0.1, -0.05) is 12.8 Å². The number of anilines is 2. The number of rotatable bonds is 0. The molecule has 0 saturated carbocycles. The van der Waals surface area contributed by atoms with Crippen LogP contribution in [0.25, 0.3) is 0 Å². The number of carbonyl (C=O) groups excluding carboxylic acids is 1. The number of fused-ring (bicyclic) bond motifs is 3. The minimum absolute atomic E-state index is 0.0472. The molecular formula is C13H15FN2O. The zero-order valence-corrected chi connectivity index (χ0v) is 9.58. The smallest absolute Gasteiger partial charge is 0.247 e. The number of benzene rings is 1. The summed E-state index contributed by atoms with van der Waals surface area (Å²) in [6.07, 6.45) is 4.14. The van der Waals surface area contributed by atoms with Gasteiger partial charge in [0.1, 0.15) is 11.9 Å². The summed E-state index contributed by atoms with van der Waals surface area (Å²) in [5, 5.41) is 2.87. The SMILES string of the molecule is O=C1Nc2ccc(F)cc2N2CCCCCC12. The third-order valence-corrected chi connectivity index (χ3v) is 3.58. The van der Waals surface area contributed by atoms with Crippen molar-refractivity contribution in [3.63, 3.8) is 0 Å². The van der Waals surface area contributed by atoms with Crippen LogP contribution in [0.15, 0.2) is 18.2 Å². The van der Waals surface area contributed by atoms with Crippen molar-refractivity contribution in [2.24, 2.45) is 0 Å². The van der Waals surface area contributed by atoms with Crippen LogP contribution in [-0.2, 0) is 4.79 Å². The van der Waals surface area contributed by atoms with Gasteiger partial charge in [-0.3, -0.25) is 4.79 Å². The second kappa shape index (κ2) is 4.02. The van der Waals surface area contributed by atoms with Gasteiger partial charge < -0.3 is 10.2 Å². The maximum absolute atomic E-state index is 13.3. The van der Waals surface area contributed by atoms with Crippen LogP contribution in [0.1, 0.15) is 25.7 Å². The first-order valence-corrected chi connectivity index (χ1v) is 6.13. The number of halogens is 1. The van der Waals surface area contributed by atoms with Gasteiger partial charge in [-0.05, 0) is 31.0 Å². The van der Waals surface area contributed by atoms with Gasteiger partial charge in [-0.25, -0.2) is 4.39 Å². The Balaban J connectivity index is 2.05. The van der Waals surface area contributed by atoms with E-state index in [0.717, 1.165) is 43.6 Å². The maximum Gasteiger partial charge on any atom is 0.247 e. The first-order chi connectivity index (χ1) is 8.25. The van der Waals surface area contributed by atoms with E-state index in [1.165, 1.54) is 12.1 Å². The molecule has 3 nitrogen and oxygen atoms in total. The Hall–Kier alpha value is -1.58. The predicted molar refractivity (Wildman–Crippen MR) is 64.6 cm³/mol. The highest BCUT2D eigenvalue weighted by atomic mass is 19.1. The first kappa shape index (κ1) is 10.6. The maximum atomic E-state index is 13.3. The van der Waals surface area contributed by atoms with E-state index < -0.39 is 0 Å². The Labute approximate surface area is 99.6 Å². The highest BCUT2D eigenvalue weighted by Crippen LogP contribution is 2.35. The van der Waals surface area contributed by atoms with Gasteiger partial charge in [0.05, 0.1) is 11.4 Å². The lowest BCUT2D eigenvalue weighted by atomic mass is 10.0. The number of nitrogens with zero attached hydrogens (tertiary/aromatic N) is 1. The summed E-state index contributed by atoms with van der Waals surface area (Å²) < 4.78 is 13.3. The second-order valence-electron chi connectivity index (χ2n) is 4.71. The van der Waals surface area contributed by atoms with E-state index in [-0.39, 0.29) is 17.8 Å². The van der Waals surface area contributed by atoms with E-state index in [1.807, 2.05) is 0 Å². The number of hydrogen-bond acceptors (Lipinski definition) is 2. The molecule has 1 unspecified atom stereocenters. The fourth-order valence-electron chi connectivity index (χ4n) is 2.73. The summed E-state index contributed by atoms with van der Waals surface area (Å²) in [6.45, 7) is 0.842. The van der Waals surface area contributed by atoms with Crippen LogP contribution in [0, 0.1) is 5.82 Å². The lowest BCUT2D eigenvalue weighted by Gasteiger charge is -2.36. The van der Waals surface area contributed by atoms with Crippen molar-refractivity contribution in [3.05, 3.63) is 24.0 Å². The molecule has 4 heteroatoms. The van der Waals surface area contributed by atoms with Crippen LogP contribution in [0.4, 0.5) is 15.8 Å². The summed E-state index contributed by atoms with van der Waals surface area (Å²) in [7, 11) is 0. The van der Waals surface area contributed by atoms with Crippen molar-refractivity contribution in [1.82, 2.24) is 0 Å². The molecule has 1 aromatic carbocycles. The van der Waals surface area contributed by atoms with Crippen molar-refractivity contribution in [2.45, 2.75) is 31.7 Å². The summed E-state index contributed by atoms with van der Waals surface area (Å²) >= 11 is 0. The largest absolute Gasteiger partial charge is 0.358 e. The average Bonchev–Trinajstić information content (AvgIpc) is 2.56. The van der Waals surface area contributed by atoms with Crippen LogP contribution in [0.5, 0.6) is 0 Å². The van der Waals surface area contributed by atoms with E-state index in [4.69, 9.17) is 0 Å². The van der Waals surface area contributed by atoms with Crippen LogP contribution in [-0.4, -0.2) is 18.5 Å². The minimum atomic E-state index is -0.247. The number of carbonyl (C=O) groups is 1. The van der Waals surface area contributed by atoms with Crippen LogP contribution < -0.4 is 10.2 Å². The second-order valence-corrected chi connectivity index (χ2v) is 4.71. The molecule has 1 saturated heterocycles. The fourth-order valence-corrected chi connectivity index (χ4v) is 2.73. The van der Waals surface area contributed by atoms with Gasteiger partial charge >= 0.3 is 0 Å². The normalized spacial score (nSPS) is 23.5. The molecule has 0 aromatic heterocycles. The van der Waals surface area contributed by atoms with Crippen molar-refractivity contribution in [2.75, 3.05) is 16.8 Å². The third-order valence-electron chi connectivity index (χ3n) is 3.58. The summed E-state index contributed by atoms with van der Waals surface area (Å²) in [6, 6.07) is 4.43. The molecule has 2 aliphatic rings. The Morgan fingerprint density at radius 2 is 2.18 bits per heavy atom. The summed E-state index contributed by atoms with van der Waals surface area (Å²) in [5.74, 6) is -0.200. The summed E-state index contributed by atoms with van der Waals surface area (Å²) in [4.78, 5) is 14.0. The van der Waals surface area contributed by atoms with Gasteiger partial charge in [0.25, 0.3) is 0 Å². The molecule has 1 amide bonds. The molecule has 0 bridgehead atoms. The van der Waals surface area contributed by atoms with Crippen molar-refractivity contribution >= 4 is 17.3 Å². The van der Waals surface area contributed by atoms with Crippen molar-refractivity contribution in [1.29, 1.82) is 0 Å². The minimum Gasteiger partial charge on any atom is -0.358 e. The van der Waals surface area contributed by atoms with Gasteiger partial charge in [0.2, 0.25) is 5.91 Å². The zero-order chi connectivity index (χ0) is 11.8. The Kier molecular flexibility index (Phi) is 2.50. The van der Waals surface area contributed by atoms with E-state index in [1.54, 1.807) is 6.07 Å². The standard InChI is InChI=1S/C13H15FN2O/c14-9-5-6-10-12(8-9)16-7-3-1-2-4-11(16)13(17)15-10/h5-6,8,11H,1-4,7H2,(H,15,17). The quantitative estimate of drug-likeness (QED) is 0.748. The number of hydrogen-bond donors (Lipinski definition) is 1. The van der Waals surface area contributed by atoms with Crippen molar-refractivity contribution in [3.8, 4) is 0 Å². The Morgan fingerprint density at radius 3 is 3.06 bits per heavy atom. The monoisotopic (exact) mass is 234 g/mol. The molecule has 2 aliphatic heterocycles.